The molecule has 0 radical (unpaired) electrons. The number of para-hydroxylation sites is 1. The van der Waals surface area contributed by atoms with E-state index in [1.54, 1.807) is 6.07 Å². The van der Waals surface area contributed by atoms with Gasteiger partial charge < -0.3 is 15.7 Å². The molecule has 6 heteroatoms. The van der Waals surface area contributed by atoms with Crippen LogP contribution in [0.3, 0.4) is 0 Å². The zero-order valence-corrected chi connectivity index (χ0v) is 12.3. The van der Waals surface area contributed by atoms with Gasteiger partial charge in [-0.1, -0.05) is 42.1 Å². The molecule has 2 rings (SSSR count). The smallest absolute Gasteiger partial charge is 0.329 e. The van der Waals surface area contributed by atoms with Crippen molar-refractivity contribution in [3.05, 3.63) is 66.9 Å². The van der Waals surface area contributed by atoms with Crippen molar-refractivity contribution in [1.82, 2.24) is 5.32 Å². The second kappa shape index (κ2) is 7.90. The first-order valence-corrected chi connectivity index (χ1v) is 7.26. The second-order valence-electron chi connectivity index (χ2n) is 4.18. The number of benzene rings is 2. The average Bonchev–Trinajstić information content (AvgIpc) is 2.50. The maximum absolute atomic E-state index is 11.7. The predicted molar refractivity (Wildman–Crippen MR) is 85.9 cm³/mol. The Kier molecular flexibility index (Phi) is 5.62. The predicted octanol–water partition coefficient (Wildman–Crippen LogP) is 3.56. The molecule has 3 N–H and O–H groups in total. The molecule has 5 nitrogen and oxygen atoms in total. The van der Waals surface area contributed by atoms with Gasteiger partial charge in [0.05, 0.1) is 5.69 Å². The molecule has 112 valence electrons. The van der Waals surface area contributed by atoms with Gasteiger partial charge >= 0.3 is 12.0 Å². The zero-order chi connectivity index (χ0) is 15.8. The first-order valence-electron chi connectivity index (χ1n) is 6.44. The SMILES string of the molecule is O=C(O)/C=C/NC(=O)Nc1ccccc1Sc1ccccc1. The van der Waals surface area contributed by atoms with Crippen molar-refractivity contribution in [1.29, 1.82) is 0 Å². The summed E-state index contributed by atoms with van der Waals surface area (Å²) in [7, 11) is 0. The number of aliphatic carboxylic acids is 1. The maximum atomic E-state index is 11.7. The van der Waals surface area contributed by atoms with Crippen molar-refractivity contribution >= 4 is 29.4 Å². The molecule has 0 atom stereocenters. The molecule has 2 aromatic carbocycles. The molecular weight excluding hydrogens is 300 g/mol. The van der Waals surface area contributed by atoms with Gasteiger partial charge in [-0.3, -0.25) is 0 Å². The lowest BCUT2D eigenvalue weighted by atomic mass is 10.3. The normalized spacial score (nSPS) is 10.4. The minimum absolute atomic E-state index is 0.501. The van der Waals surface area contributed by atoms with Gasteiger partial charge in [0.25, 0.3) is 0 Å². The largest absolute Gasteiger partial charge is 0.478 e. The van der Waals surface area contributed by atoms with Gasteiger partial charge in [-0.25, -0.2) is 9.59 Å². The van der Waals surface area contributed by atoms with Crippen LogP contribution in [-0.2, 0) is 4.79 Å². The Labute approximate surface area is 132 Å². The third-order valence-electron chi connectivity index (χ3n) is 2.55. The summed E-state index contributed by atoms with van der Waals surface area (Å²) in [5.41, 5.74) is 0.651. The summed E-state index contributed by atoms with van der Waals surface area (Å²) in [6, 6.07) is 16.7. The molecule has 2 amide bonds. The number of carbonyl (C=O) groups is 2. The summed E-state index contributed by atoms with van der Waals surface area (Å²) in [5, 5.41) is 13.5. The first kappa shape index (κ1) is 15.7. The fraction of sp³-hybridized carbons (Fsp3) is 0. The van der Waals surface area contributed by atoms with Crippen molar-refractivity contribution in [3.63, 3.8) is 0 Å². The quantitative estimate of drug-likeness (QED) is 0.737. The fourth-order valence-electron chi connectivity index (χ4n) is 1.62. The van der Waals surface area contributed by atoms with Crippen LogP contribution >= 0.6 is 11.8 Å². The highest BCUT2D eigenvalue weighted by molar-refractivity contribution is 7.99. The number of rotatable bonds is 5. The van der Waals surface area contributed by atoms with Crippen LogP contribution in [0.25, 0.3) is 0 Å². The number of urea groups is 1. The molecule has 0 bridgehead atoms. The van der Waals surface area contributed by atoms with Crippen LogP contribution < -0.4 is 10.6 Å². The van der Waals surface area contributed by atoms with Crippen molar-refractivity contribution in [2.45, 2.75) is 9.79 Å². The highest BCUT2D eigenvalue weighted by Gasteiger charge is 2.06. The molecule has 0 saturated carbocycles. The Morgan fingerprint density at radius 3 is 2.41 bits per heavy atom. The molecule has 0 saturated heterocycles. The number of carboxylic acid groups (broad SMARTS) is 1. The monoisotopic (exact) mass is 314 g/mol. The van der Waals surface area contributed by atoms with Crippen molar-refractivity contribution in [2.24, 2.45) is 0 Å². The van der Waals surface area contributed by atoms with E-state index in [4.69, 9.17) is 5.11 Å². The highest BCUT2D eigenvalue weighted by atomic mass is 32.2. The topological polar surface area (TPSA) is 78.4 Å². The number of amides is 2. The summed E-state index contributed by atoms with van der Waals surface area (Å²) in [6.45, 7) is 0. The minimum Gasteiger partial charge on any atom is -0.478 e. The standard InChI is InChI=1S/C16H14N2O3S/c19-15(20)10-11-17-16(21)18-13-8-4-5-9-14(13)22-12-6-2-1-3-7-12/h1-11H,(H,19,20)(H2,17,18,21)/b11-10+. The third kappa shape index (κ3) is 4.99. The van der Waals surface area contributed by atoms with Crippen molar-refractivity contribution in [2.75, 3.05) is 5.32 Å². The Balaban J connectivity index is 2.05. The fourth-order valence-corrected chi connectivity index (χ4v) is 2.54. The molecular formula is C16H14N2O3S. The molecule has 0 aliphatic heterocycles. The maximum Gasteiger partial charge on any atom is 0.329 e. The lowest BCUT2D eigenvalue weighted by Gasteiger charge is -2.10. The van der Waals surface area contributed by atoms with Crippen LogP contribution in [0.2, 0.25) is 0 Å². The van der Waals surface area contributed by atoms with E-state index in [1.807, 2.05) is 48.5 Å². The van der Waals surface area contributed by atoms with Crippen LogP contribution in [0.15, 0.2) is 76.7 Å². The van der Waals surface area contributed by atoms with E-state index in [9.17, 15) is 9.59 Å². The zero-order valence-electron chi connectivity index (χ0n) is 11.5. The lowest BCUT2D eigenvalue weighted by molar-refractivity contribution is -0.131. The first-order chi connectivity index (χ1) is 10.6. The van der Waals surface area contributed by atoms with E-state index in [0.29, 0.717) is 5.69 Å². The van der Waals surface area contributed by atoms with Gasteiger partial charge in [-0.05, 0) is 24.3 Å². The van der Waals surface area contributed by atoms with E-state index in [1.165, 1.54) is 11.8 Å². The summed E-state index contributed by atoms with van der Waals surface area (Å²) in [5.74, 6) is -1.12. The molecule has 0 aliphatic carbocycles. The molecule has 0 unspecified atom stereocenters. The van der Waals surface area contributed by atoms with Crippen LogP contribution in [0, 0.1) is 0 Å². The Bertz CT molecular complexity index is 687. The van der Waals surface area contributed by atoms with Crippen LogP contribution in [0.4, 0.5) is 10.5 Å². The number of carboxylic acids is 1. The molecule has 0 aliphatic rings. The molecule has 2 aromatic rings. The number of anilines is 1. The molecule has 22 heavy (non-hydrogen) atoms. The van der Waals surface area contributed by atoms with Crippen molar-refractivity contribution < 1.29 is 14.7 Å². The Morgan fingerprint density at radius 1 is 1.00 bits per heavy atom. The second-order valence-corrected chi connectivity index (χ2v) is 5.30. The summed E-state index contributed by atoms with van der Waals surface area (Å²) < 4.78 is 0. The molecule has 0 aromatic heterocycles. The van der Waals surface area contributed by atoms with Gasteiger partial charge in [0.2, 0.25) is 0 Å². The van der Waals surface area contributed by atoms with E-state index < -0.39 is 12.0 Å². The van der Waals surface area contributed by atoms with Crippen LogP contribution in [0.1, 0.15) is 0 Å². The van der Waals surface area contributed by atoms with Crippen LogP contribution in [0.5, 0.6) is 0 Å². The van der Waals surface area contributed by atoms with Gasteiger partial charge in [0.1, 0.15) is 0 Å². The number of carbonyl (C=O) groups excluding carboxylic acids is 1. The summed E-state index contributed by atoms with van der Waals surface area (Å²) in [6.07, 6.45) is 1.93. The van der Waals surface area contributed by atoms with Gasteiger partial charge in [-0.2, -0.15) is 0 Å². The molecule has 0 fully saturated rings. The Hall–Kier alpha value is -2.73. The number of hydrogen-bond donors (Lipinski definition) is 3. The number of hydrogen-bond acceptors (Lipinski definition) is 3. The summed E-state index contributed by atoms with van der Waals surface area (Å²) >= 11 is 1.53. The van der Waals surface area contributed by atoms with Gasteiger partial charge in [-0.15, -0.1) is 0 Å². The third-order valence-corrected chi connectivity index (χ3v) is 3.63. The van der Waals surface area contributed by atoms with Gasteiger partial charge in [0.15, 0.2) is 0 Å². The Morgan fingerprint density at radius 2 is 1.68 bits per heavy atom. The van der Waals surface area contributed by atoms with E-state index in [0.717, 1.165) is 22.1 Å². The van der Waals surface area contributed by atoms with E-state index in [-0.39, 0.29) is 0 Å². The van der Waals surface area contributed by atoms with E-state index in [2.05, 4.69) is 10.6 Å². The van der Waals surface area contributed by atoms with Crippen LogP contribution in [-0.4, -0.2) is 17.1 Å². The molecule has 0 heterocycles. The average molecular weight is 314 g/mol. The van der Waals surface area contributed by atoms with E-state index >= 15 is 0 Å². The highest BCUT2D eigenvalue weighted by Crippen LogP contribution is 2.32. The lowest BCUT2D eigenvalue weighted by Crippen LogP contribution is -2.24. The minimum atomic E-state index is -1.12. The summed E-state index contributed by atoms with van der Waals surface area (Å²) in [4.78, 5) is 24.0. The van der Waals surface area contributed by atoms with Gasteiger partial charge in [0, 0.05) is 22.1 Å². The van der Waals surface area contributed by atoms with Crippen molar-refractivity contribution in [3.8, 4) is 0 Å². The molecule has 0 spiro atoms. The number of nitrogens with one attached hydrogen (secondary N) is 2.